The van der Waals surface area contributed by atoms with Gasteiger partial charge >= 0.3 is 0 Å². The topological polar surface area (TPSA) is 0 Å². The van der Waals surface area contributed by atoms with E-state index in [1.54, 1.807) is 0 Å². The predicted octanol–water partition coefficient (Wildman–Crippen LogP) is 5.22. The Labute approximate surface area is 150 Å². The van der Waals surface area contributed by atoms with Gasteiger partial charge in [-0.25, -0.2) is 0 Å². The van der Waals surface area contributed by atoms with Crippen LogP contribution in [-0.4, -0.2) is 7.85 Å². The second-order valence-electron chi connectivity index (χ2n) is 7.92. The van der Waals surface area contributed by atoms with Gasteiger partial charge in [0.15, 0.2) is 0 Å². The number of rotatable bonds is 1. The lowest BCUT2D eigenvalue weighted by Gasteiger charge is -2.20. The van der Waals surface area contributed by atoms with Gasteiger partial charge in [0.2, 0.25) is 0 Å². The van der Waals surface area contributed by atoms with Crippen molar-refractivity contribution in [3.8, 4) is 11.1 Å². The van der Waals surface area contributed by atoms with Crippen LogP contribution in [0, 0.1) is 0 Å². The van der Waals surface area contributed by atoms with Crippen molar-refractivity contribution >= 4 is 34.9 Å². The maximum atomic E-state index is 2.28. The molecule has 0 amide bonds. The predicted molar refractivity (Wildman–Crippen MR) is 114 cm³/mol. The fourth-order valence-electron chi connectivity index (χ4n) is 3.79. The summed E-state index contributed by atoms with van der Waals surface area (Å²) in [7, 11) is 2.23. The van der Waals surface area contributed by atoms with Gasteiger partial charge in [0.1, 0.15) is 7.85 Å². The van der Waals surface area contributed by atoms with Crippen LogP contribution < -0.4 is 5.46 Å². The molecule has 122 valence electrons. The second-order valence-corrected chi connectivity index (χ2v) is 7.92. The Kier molecular flexibility index (Phi) is 3.69. The Bertz CT molecular complexity index is 1010. The largest absolute Gasteiger partial charge is 0.140 e. The second kappa shape index (κ2) is 5.77. The van der Waals surface area contributed by atoms with Gasteiger partial charge in [-0.3, -0.25) is 0 Å². The quantitative estimate of drug-likeness (QED) is 0.333. The minimum atomic E-state index is 0.177. The van der Waals surface area contributed by atoms with Crippen molar-refractivity contribution in [2.75, 3.05) is 0 Å². The molecule has 0 unspecified atom stereocenters. The molecule has 0 bridgehead atoms. The summed E-state index contributed by atoms with van der Waals surface area (Å²) in [4.78, 5) is 0. The molecule has 0 aliphatic heterocycles. The number of benzene rings is 4. The number of hydrogen-bond donors (Lipinski definition) is 0. The third-order valence-electron chi connectivity index (χ3n) is 5.24. The first-order chi connectivity index (χ1) is 12.0. The Balaban J connectivity index is 2.07. The first-order valence-corrected chi connectivity index (χ1v) is 8.98. The normalized spacial score (nSPS) is 12.0. The highest BCUT2D eigenvalue weighted by atomic mass is 14.2. The third-order valence-corrected chi connectivity index (χ3v) is 5.24. The zero-order chi connectivity index (χ0) is 17.6. The molecule has 4 rings (SSSR count). The molecule has 0 saturated carbocycles. The first-order valence-electron chi connectivity index (χ1n) is 8.98. The molecule has 1 heteroatoms. The van der Waals surface area contributed by atoms with E-state index in [2.05, 4.69) is 101 Å². The van der Waals surface area contributed by atoms with E-state index in [1.165, 1.54) is 43.7 Å². The van der Waals surface area contributed by atoms with Crippen LogP contribution in [0.3, 0.4) is 0 Å². The molecule has 0 spiro atoms. The standard InChI is InChI=1S/C24H23B/c1-24(2,3)17-14-12-16(13-15-17)22-18-8-4-6-10-20(18)23(25)21-11-7-5-9-19(21)22/h4-15H,25H2,1-3H3. The number of hydrogen-bond acceptors (Lipinski definition) is 0. The summed E-state index contributed by atoms with van der Waals surface area (Å²) in [6.45, 7) is 6.79. The van der Waals surface area contributed by atoms with Crippen LogP contribution in [0.1, 0.15) is 26.3 Å². The SMILES string of the molecule is Bc1c2ccccc2c(-c2ccc(C(C)(C)C)cc2)c2ccccc12. The van der Waals surface area contributed by atoms with E-state index >= 15 is 0 Å². The third kappa shape index (κ3) is 2.64. The molecule has 4 aromatic rings. The van der Waals surface area contributed by atoms with Gasteiger partial charge in [-0.05, 0) is 43.7 Å². The fraction of sp³-hybridized carbons (Fsp3) is 0.167. The maximum Gasteiger partial charge on any atom is 0.140 e. The summed E-state index contributed by atoms with van der Waals surface area (Å²) in [5, 5.41) is 5.36. The van der Waals surface area contributed by atoms with E-state index in [4.69, 9.17) is 0 Å². The Morgan fingerprint density at radius 3 is 1.48 bits per heavy atom. The van der Waals surface area contributed by atoms with Gasteiger partial charge in [0.25, 0.3) is 0 Å². The maximum absolute atomic E-state index is 2.28. The van der Waals surface area contributed by atoms with Gasteiger partial charge in [-0.15, -0.1) is 0 Å². The minimum absolute atomic E-state index is 0.177. The molecule has 0 radical (unpaired) electrons. The van der Waals surface area contributed by atoms with Crippen molar-refractivity contribution in [1.29, 1.82) is 0 Å². The molecule has 0 atom stereocenters. The van der Waals surface area contributed by atoms with E-state index in [1.807, 2.05) is 0 Å². The van der Waals surface area contributed by atoms with E-state index in [0.717, 1.165) is 0 Å². The van der Waals surface area contributed by atoms with Crippen molar-refractivity contribution in [3.63, 3.8) is 0 Å². The molecule has 0 nitrogen and oxygen atoms in total. The molecule has 25 heavy (non-hydrogen) atoms. The van der Waals surface area contributed by atoms with Crippen LogP contribution in [0.15, 0.2) is 72.8 Å². The van der Waals surface area contributed by atoms with Crippen molar-refractivity contribution in [3.05, 3.63) is 78.4 Å². The molecule has 4 aromatic carbocycles. The molecule has 0 fully saturated rings. The summed E-state index contributed by atoms with van der Waals surface area (Å²) in [6.07, 6.45) is 0. The van der Waals surface area contributed by atoms with E-state index < -0.39 is 0 Å². The lowest BCUT2D eigenvalue weighted by atomic mass is 9.80. The molecule has 0 N–H and O–H groups in total. The van der Waals surface area contributed by atoms with Crippen LogP contribution in [-0.2, 0) is 5.41 Å². The Morgan fingerprint density at radius 2 is 1.04 bits per heavy atom. The van der Waals surface area contributed by atoms with Gasteiger partial charge < -0.3 is 0 Å². The fourth-order valence-corrected chi connectivity index (χ4v) is 3.79. The lowest BCUT2D eigenvalue weighted by molar-refractivity contribution is 0.590. The summed E-state index contributed by atoms with van der Waals surface area (Å²) in [5.41, 5.74) is 5.55. The molecule has 0 aliphatic carbocycles. The van der Waals surface area contributed by atoms with Gasteiger partial charge in [0, 0.05) is 0 Å². The van der Waals surface area contributed by atoms with Gasteiger partial charge in [0.05, 0.1) is 0 Å². The average Bonchev–Trinajstić information content (AvgIpc) is 2.62. The molecular weight excluding hydrogens is 299 g/mol. The van der Waals surface area contributed by atoms with Crippen LogP contribution in [0.2, 0.25) is 0 Å². The molecule has 0 aromatic heterocycles. The Hall–Kier alpha value is -2.54. The van der Waals surface area contributed by atoms with E-state index in [9.17, 15) is 0 Å². The molecule has 0 aliphatic rings. The van der Waals surface area contributed by atoms with Crippen molar-refractivity contribution in [1.82, 2.24) is 0 Å². The first kappa shape index (κ1) is 16.0. The zero-order valence-electron chi connectivity index (χ0n) is 15.4. The van der Waals surface area contributed by atoms with E-state index in [0.29, 0.717) is 0 Å². The summed E-state index contributed by atoms with van der Waals surface area (Å²) in [6, 6.07) is 26.7. The van der Waals surface area contributed by atoms with Crippen LogP contribution in [0.4, 0.5) is 0 Å². The summed E-state index contributed by atoms with van der Waals surface area (Å²) in [5.74, 6) is 0. The van der Waals surface area contributed by atoms with E-state index in [-0.39, 0.29) is 5.41 Å². The zero-order valence-corrected chi connectivity index (χ0v) is 15.4. The van der Waals surface area contributed by atoms with Gasteiger partial charge in [-0.1, -0.05) is 99.0 Å². The lowest BCUT2D eigenvalue weighted by Crippen LogP contribution is -2.10. The number of fused-ring (bicyclic) bond motifs is 2. The van der Waals surface area contributed by atoms with Crippen molar-refractivity contribution in [2.24, 2.45) is 0 Å². The minimum Gasteiger partial charge on any atom is -0.0735 e. The van der Waals surface area contributed by atoms with Crippen molar-refractivity contribution < 1.29 is 0 Å². The highest BCUT2D eigenvalue weighted by Crippen LogP contribution is 2.36. The highest BCUT2D eigenvalue weighted by molar-refractivity contribution is 6.46. The monoisotopic (exact) mass is 322 g/mol. The summed E-state index contributed by atoms with van der Waals surface area (Å²) >= 11 is 0. The van der Waals surface area contributed by atoms with Crippen molar-refractivity contribution in [2.45, 2.75) is 26.2 Å². The summed E-state index contributed by atoms with van der Waals surface area (Å²) < 4.78 is 0. The highest BCUT2D eigenvalue weighted by Gasteiger charge is 2.15. The molecule has 0 heterocycles. The van der Waals surface area contributed by atoms with Crippen LogP contribution in [0.25, 0.3) is 32.7 Å². The smallest absolute Gasteiger partial charge is 0.0735 e. The average molecular weight is 322 g/mol. The van der Waals surface area contributed by atoms with Gasteiger partial charge in [-0.2, -0.15) is 0 Å². The van der Waals surface area contributed by atoms with Crippen LogP contribution in [0.5, 0.6) is 0 Å². The molecule has 0 saturated heterocycles. The molecular formula is C24H23B. The van der Waals surface area contributed by atoms with Crippen LogP contribution >= 0.6 is 0 Å². The Morgan fingerprint density at radius 1 is 0.600 bits per heavy atom.